The van der Waals surface area contributed by atoms with Crippen molar-refractivity contribution in [2.24, 2.45) is 11.8 Å². The summed E-state index contributed by atoms with van der Waals surface area (Å²) in [5.41, 5.74) is 0.534. The van der Waals surface area contributed by atoms with Crippen molar-refractivity contribution in [2.45, 2.75) is 44.3 Å². The number of hydrogen-bond donors (Lipinski definition) is 0. The average Bonchev–Trinajstić information content (AvgIpc) is 2.85. The number of benzene rings is 1. The zero-order valence-corrected chi connectivity index (χ0v) is 18.5. The Morgan fingerprint density at radius 3 is 2.41 bits per heavy atom. The largest absolute Gasteiger partial charge is 0.493 e. The number of likely N-dealkylation sites (tertiary alicyclic amines) is 1. The number of piperidine rings is 1. The smallest absolute Gasteiger partial charge is 0.308 e. The number of allylic oxidation sites excluding steroid dienone is 1. The number of amides is 1. The number of methoxy groups -OCH3 is 2. The van der Waals surface area contributed by atoms with Gasteiger partial charge in [-0.3, -0.25) is 14.4 Å². The first-order chi connectivity index (χ1) is 15.5. The number of nitrogens with zero attached hydrogens (tertiary/aromatic N) is 1. The van der Waals surface area contributed by atoms with Gasteiger partial charge in [-0.05, 0) is 49.9 Å². The molecule has 0 bridgehead atoms. The van der Waals surface area contributed by atoms with Crippen LogP contribution in [0.5, 0.6) is 5.75 Å². The van der Waals surface area contributed by atoms with E-state index in [1.807, 2.05) is 0 Å². The predicted molar refractivity (Wildman–Crippen MR) is 114 cm³/mol. The number of ether oxygens (including phenoxy) is 4. The first-order valence-corrected chi connectivity index (χ1v) is 11.1. The fourth-order valence-electron chi connectivity index (χ4n) is 4.68. The van der Waals surface area contributed by atoms with Gasteiger partial charge in [-0.2, -0.15) is 0 Å². The van der Waals surface area contributed by atoms with Gasteiger partial charge in [0.05, 0.1) is 25.0 Å². The molecule has 1 aromatic rings. The minimum Gasteiger partial charge on any atom is -0.493 e. The van der Waals surface area contributed by atoms with Crippen molar-refractivity contribution in [2.75, 3.05) is 27.3 Å². The number of fused-ring (bicyclic) bond motifs is 1. The summed E-state index contributed by atoms with van der Waals surface area (Å²) in [4.78, 5) is 39.0. The molecule has 3 unspecified atom stereocenters. The van der Waals surface area contributed by atoms with Crippen LogP contribution in [0.3, 0.4) is 0 Å². The molecule has 3 atom stereocenters. The van der Waals surface area contributed by atoms with Gasteiger partial charge in [0.1, 0.15) is 18.1 Å². The van der Waals surface area contributed by atoms with Gasteiger partial charge >= 0.3 is 5.97 Å². The molecule has 0 N–H and O–H groups in total. The molecule has 0 radical (unpaired) electrons. The van der Waals surface area contributed by atoms with Gasteiger partial charge in [-0.15, -0.1) is 0 Å². The number of esters is 1. The van der Waals surface area contributed by atoms with Crippen LogP contribution in [-0.2, 0) is 23.8 Å². The topological polar surface area (TPSA) is 91.4 Å². The summed E-state index contributed by atoms with van der Waals surface area (Å²) in [5, 5.41) is 0. The second-order valence-electron chi connectivity index (χ2n) is 8.51. The van der Waals surface area contributed by atoms with Crippen molar-refractivity contribution in [3.63, 3.8) is 0 Å². The molecule has 1 saturated heterocycles. The van der Waals surface area contributed by atoms with Crippen LogP contribution >= 0.6 is 0 Å². The van der Waals surface area contributed by atoms with Crippen LogP contribution in [0.4, 0.5) is 0 Å². The average molecular weight is 443 g/mol. The Bertz CT molecular complexity index is 886. The van der Waals surface area contributed by atoms with Crippen molar-refractivity contribution in [1.82, 2.24) is 4.90 Å². The third-order valence-corrected chi connectivity index (χ3v) is 6.65. The molecule has 1 aliphatic carbocycles. The first-order valence-electron chi connectivity index (χ1n) is 11.1. The van der Waals surface area contributed by atoms with E-state index in [1.165, 1.54) is 13.4 Å². The lowest BCUT2D eigenvalue weighted by atomic mass is 9.80. The zero-order chi connectivity index (χ0) is 22.7. The monoisotopic (exact) mass is 443 g/mol. The lowest BCUT2D eigenvalue weighted by Crippen LogP contribution is -2.42. The molecule has 1 amide bonds. The first kappa shape index (κ1) is 22.3. The molecule has 4 rings (SSSR count). The van der Waals surface area contributed by atoms with E-state index in [-0.39, 0.29) is 47.5 Å². The van der Waals surface area contributed by atoms with E-state index in [1.54, 1.807) is 36.3 Å². The second kappa shape index (κ2) is 9.73. The van der Waals surface area contributed by atoms with E-state index in [0.29, 0.717) is 50.1 Å². The van der Waals surface area contributed by atoms with Crippen LogP contribution in [0.2, 0.25) is 0 Å². The molecule has 0 spiro atoms. The van der Waals surface area contributed by atoms with Gasteiger partial charge < -0.3 is 23.8 Å². The normalized spacial score (nSPS) is 25.9. The third-order valence-electron chi connectivity index (χ3n) is 6.65. The summed E-state index contributed by atoms with van der Waals surface area (Å²) in [6.07, 6.45) is 4.78. The molecule has 172 valence electrons. The second-order valence-corrected chi connectivity index (χ2v) is 8.51. The van der Waals surface area contributed by atoms with E-state index in [2.05, 4.69) is 0 Å². The van der Waals surface area contributed by atoms with Crippen LogP contribution in [0.1, 0.15) is 42.5 Å². The molecule has 0 aromatic heterocycles. The van der Waals surface area contributed by atoms with E-state index >= 15 is 0 Å². The van der Waals surface area contributed by atoms with E-state index in [9.17, 15) is 14.4 Å². The summed E-state index contributed by atoms with van der Waals surface area (Å²) < 4.78 is 21.7. The maximum absolute atomic E-state index is 12.8. The molecular weight excluding hydrogens is 414 g/mol. The quantitative estimate of drug-likeness (QED) is 0.646. The van der Waals surface area contributed by atoms with Crippen molar-refractivity contribution in [3.05, 3.63) is 41.9 Å². The maximum Gasteiger partial charge on any atom is 0.308 e. The molecule has 1 saturated carbocycles. The Morgan fingerprint density at radius 1 is 1.03 bits per heavy atom. The number of carbonyl (C=O) groups is 3. The summed E-state index contributed by atoms with van der Waals surface area (Å²) in [5.74, 6) is -0.0579. The fourth-order valence-corrected chi connectivity index (χ4v) is 4.68. The highest BCUT2D eigenvalue weighted by molar-refractivity contribution is 5.97. The van der Waals surface area contributed by atoms with Gasteiger partial charge in [0.2, 0.25) is 11.5 Å². The van der Waals surface area contributed by atoms with Gasteiger partial charge in [0.25, 0.3) is 5.91 Å². The number of hydrogen-bond acceptors (Lipinski definition) is 7. The molecule has 8 heteroatoms. The summed E-state index contributed by atoms with van der Waals surface area (Å²) in [6, 6.07) is 6.73. The Kier molecular flexibility index (Phi) is 6.79. The van der Waals surface area contributed by atoms with Crippen LogP contribution in [0.25, 0.3) is 0 Å². The third kappa shape index (κ3) is 4.65. The van der Waals surface area contributed by atoms with Gasteiger partial charge in [-0.1, -0.05) is 0 Å². The lowest BCUT2D eigenvalue weighted by molar-refractivity contribution is -0.146. The van der Waals surface area contributed by atoms with Crippen molar-refractivity contribution in [1.29, 1.82) is 0 Å². The van der Waals surface area contributed by atoms with Crippen molar-refractivity contribution < 1.29 is 33.3 Å². The van der Waals surface area contributed by atoms with E-state index in [0.717, 1.165) is 6.42 Å². The molecule has 1 aromatic carbocycles. The van der Waals surface area contributed by atoms with Crippen molar-refractivity contribution >= 4 is 17.7 Å². The molecule has 32 heavy (non-hydrogen) atoms. The number of Topliss-reactive ketones (excluding diaryl/α,β-unsaturated/α-hetero) is 1. The highest BCUT2D eigenvalue weighted by Gasteiger charge is 2.41. The molecule has 8 nitrogen and oxygen atoms in total. The van der Waals surface area contributed by atoms with Crippen LogP contribution in [-0.4, -0.2) is 62.1 Å². The molecular formula is C24H29NO7. The van der Waals surface area contributed by atoms with Crippen molar-refractivity contribution in [3.8, 4) is 5.75 Å². The lowest BCUT2D eigenvalue weighted by Gasteiger charge is -2.36. The molecule has 2 fully saturated rings. The van der Waals surface area contributed by atoms with E-state index in [4.69, 9.17) is 18.9 Å². The number of rotatable bonds is 5. The predicted octanol–water partition coefficient (Wildman–Crippen LogP) is 2.72. The molecule has 2 heterocycles. The van der Waals surface area contributed by atoms with Gasteiger partial charge in [-0.25, -0.2) is 0 Å². The number of carbonyl (C=O) groups excluding carboxylic acids is 3. The number of ketones is 1. The zero-order valence-electron chi connectivity index (χ0n) is 18.5. The van der Waals surface area contributed by atoms with Crippen LogP contribution in [0.15, 0.2) is 36.3 Å². The van der Waals surface area contributed by atoms with Crippen LogP contribution in [0, 0.1) is 11.8 Å². The van der Waals surface area contributed by atoms with Crippen LogP contribution < -0.4 is 4.74 Å². The highest BCUT2D eigenvalue weighted by atomic mass is 16.5. The SMILES string of the molecule is COC(=O)C1CCN(C(=O)c2ccc(OC3=COC4CC(OC)CCC4C3=O)cc2)CC1. The molecule has 3 aliphatic rings. The minimum atomic E-state index is -0.216. The van der Waals surface area contributed by atoms with Gasteiger partial charge in [0.15, 0.2) is 0 Å². The summed E-state index contributed by atoms with van der Waals surface area (Å²) in [7, 11) is 3.06. The minimum absolute atomic E-state index is 0.0515. The fraction of sp³-hybridized carbons (Fsp3) is 0.542. The maximum atomic E-state index is 12.8. The van der Waals surface area contributed by atoms with Gasteiger partial charge in [0, 0.05) is 32.2 Å². The Hall–Kier alpha value is -2.87. The Labute approximate surface area is 187 Å². The standard InChI is InChI=1S/C24H29NO7/c1-29-18-7-8-19-20(13-18)31-14-21(22(19)26)32-17-5-3-15(4-6-17)23(27)25-11-9-16(10-12-25)24(28)30-2/h3-6,14,16,18-20H,7-13H2,1-2H3. The highest BCUT2D eigenvalue weighted by Crippen LogP contribution is 2.35. The molecule has 2 aliphatic heterocycles. The summed E-state index contributed by atoms with van der Waals surface area (Å²) in [6.45, 7) is 1.03. The van der Waals surface area contributed by atoms with E-state index < -0.39 is 0 Å². The Balaban J connectivity index is 1.34. The summed E-state index contributed by atoms with van der Waals surface area (Å²) >= 11 is 0. The Morgan fingerprint density at radius 2 is 1.75 bits per heavy atom.